The van der Waals surface area contributed by atoms with Crippen molar-refractivity contribution in [1.29, 1.82) is 10.5 Å². The van der Waals surface area contributed by atoms with Crippen molar-refractivity contribution in [2.24, 2.45) is 30.0 Å². The van der Waals surface area contributed by atoms with Gasteiger partial charge in [-0.05, 0) is 43.5 Å². The summed E-state index contributed by atoms with van der Waals surface area (Å²) in [5.74, 6) is 0.180. The van der Waals surface area contributed by atoms with Crippen LogP contribution in [0.4, 0.5) is 0 Å². The molecule has 14 heteroatoms. The minimum absolute atomic E-state index is 0.000574. The summed E-state index contributed by atoms with van der Waals surface area (Å²) in [5, 5.41) is 23.9. The molecule has 0 bridgehead atoms. The van der Waals surface area contributed by atoms with Crippen LogP contribution < -0.4 is 32.1 Å². The maximum absolute atomic E-state index is 10.3. The molecule has 4 aromatic heterocycles. The molecule has 14 nitrogen and oxygen atoms in total. The lowest BCUT2D eigenvalue weighted by atomic mass is 10.1. The maximum Gasteiger partial charge on any atom is 0.273 e. The van der Waals surface area contributed by atoms with E-state index in [0.717, 1.165) is 16.7 Å². The topological polar surface area (TPSA) is 191 Å². The van der Waals surface area contributed by atoms with Gasteiger partial charge in [0.1, 0.15) is 39.4 Å². The van der Waals surface area contributed by atoms with Gasteiger partial charge in [0.15, 0.2) is 23.3 Å². The summed E-state index contributed by atoms with van der Waals surface area (Å²) >= 11 is 0. The molecule has 0 fully saturated rings. The van der Waals surface area contributed by atoms with Gasteiger partial charge < -0.3 is 0 Å². The third kappa shape index (κ3) is 4.45. The molecule has 210 valence electrons. The van der Waals surface area contributed by atoms with Gasteiger partial charge in [-0.1, -0.05) is 0 Å². The number of allylic oxidation sites excluding steroid dienone is 2. The molecule has 0 unspecified atom stereocenters. The zero-order valence-corrected chi connectivity index (χ0v) is 23.8. The highest BCUT2D eigenvalue weighted by Crippen LogP contribution is 2.28. The SMILES string of the molecule is [C-]#[N+]/C(=C1/N=c2cncc(C)c2=N1)c1nc(/C(C#N)=C2\N=c3cncc(C)c3=N2)cc(/C(C#N)=C2\N=c3cncc(C)c3=N2)n1. The molecule has 45 heavy (non-hydrogen) atoms. The van der Waals surface area contributed by atoms with E-state index in [9.17, 15) is 10.5 Å². The number of pyridine rings is 3. The van der Waals surface area contributed by atoms with Crippen LogP contribution in [0, 0.1) is 50.0 Å². The lowest BCUT2D eigenvalue weighted by Gasteiger charge is -2.08. The van der Waals surface area contributed by atoms with Crippen molar-refractivity contribution in [3.63, 3.8) is 0 Å². The number of aromatic nitrogens is 5. The van der Waals surface area contributed by atoms with Crippen LogP contribution in [0.5, 0.6) is 0 Å². The van der Waals surface area contributed by atoms with E-state index in [1.54, 1.807) is 37.2 Å². The first-order valence-electron chi connectivity index (χ1n) is 13.3. The Balaban J connectivity index is 1.52. The smallest absolute Gasteiger partial charge is 0.262 e. The molecule has 0 aliphatic carbocycles. The second kappa shape index (κ2) is 10.4. The molecule has 7 rings (SSSR count). The largest absolute Gasteiger partial charge is 0.273 e. The molecule has 0 saturated carbocycles. The predicted octanol–water partition coefficient (Wildman–Crippen LogP) is 0.376. The Morgan fingerprint density at radius 2 is 1.00 bits per heavy atom. The highest BCUT2D eigenvalue weighted by molar-refractivity contribution is 5.83. The fraction of sp³-hybridized carbons (Fsp3) is 0.0968. The highest BCUT2D eigenvalue weighted by atomic mass is 15.1. The number of rotatable bonds is 3. The van der Waals surface area contributed by atoms with Gasteiger partial charge in [0.25, 0.3) is 5.70 Å². The van der Waals surface area contributed by atoms with Gasteiger partial charge in [0.05, 0.1) is 52.6 Å². The Kier molecular flexibility index (Phi) is 6.20. The third-order valence-electron chi connectivity index (χ3n) is 7.02. The van der Waals surface area contributed by atoms with E-state index in [4.69, 9.17) is 6.57 Å². The van der Waals surface area contributed by atoms with Crippen LogP contribution in [0.1, 0.15) is 33.9 Å². The van der Waals surface area contributed by atoms with E-state index < -0.39 is 0 Å². The molecular weight excluding hydrogens is 568 g/mol. The molecule has 3 aliphatic heterocycles. The van der Waals surface area contributed by atoms with Gasteiger partial charge in [-0.15, -0.1) is 0 Å². The van der Waals surface area contributed by atoms with Crippen molar-refractivity contribution in [2.45, 2.75) is 20.8 Å². The summed E-state index contributed by atoms with van der Waals surface area (Å²) in [4.78, 5) is 52.6. The minimum Gasteiger partial charge on any atom is -0.262 e. The molecule has 0 radical (unpaired) electrons. The second-order valence-electron chi connectivity index (χ2n) is 10.0. The summed E-state index contributed by atoms with van der Waals surface area (Å²) in [6.07, 6.45) is 9.62. The average molecular weight is 585 g/mol. The van der Waals surface area contributed by atoms with Crippen LogP contribution in [0.2, 0.25) is 0 Å². The zero-order valence-electron chi connectivity index (χ0n) is 23.8. The van der Waals surface area contributed by atoms with Crippen LogP contribution in [0.25, 0.3) is 21.7 Å². The van der Waals surface area contributed by atoms with Gasteiger partial charge >= 0.3 is 0 Å². The highest BCUT2D eigenvalue weighted by Gasteiger charge is 2.24. The molecule has 0 N–H and O–H groups in total. The second-order valence-corrected chi connectivity index (χ2v) is 10.0. The Morgan fingerprint density at radius 3 is 1.38 bits per heavy atom. The number of aryl methyl sites for hydroxylation is 3. The van der Waals surface area contributed by atoms with Crippen molar-refractivity contribution in [3.8, 4) is 12.1 Å². The minimum atomic E-state index is -0.109. The van der Waals surface area contributed by atoms with E-state index in [2.05, 4.69) is 71.9 Å². The fourth-order valence-corrected chi connectivity index (χ4v) is 4.83. The van der Waals surface area contributed by atoms with E-state index in [-0.39, 0.29) is 51.5 Å². The monoisotopic (exact) mass is 584 g/mol. The standard InChI is InChI=1S/C31H16N14/c1-14-8-35-11-21-24(14)43-28(40-21)17(6-32)19-5-20(18(7-33)29-41-22-12-36-9-15(2)25(22)44-29)39-30(38-19)27(34-4)31-42-23-13-37-10-16(3)26(23)45-31/h5,8-13H,1-3H3/b28-17+,29-18+,31-27-. The number of fused-ring (bicyclic) bond motifs is 3. The van der Waals surface area contributed by atoms with Crippen LogP contribution >= 0.6 is 0 Å². The predicted molar refractivity (Wildman–Crippen MR) is 154 cm³/mol. The summed E-state index contributed by atoms with van der Waals surface area (Å²) in [7, 11) is 0. The zero-order chi connectivity index (χ0) is 31.2. The normalized spacial score (nSPS) is 16.8. The van der Waals surface area contributed by atoms with Crippen molar-refractivity contribution >= 4 is 16.8 Å². The average Bonchev–Trinajstić information content (AvgIpc) is 3.77. The number of hydrogen-bond donors (Lipinski definition) is 0. The molecule has 7 heterocycles. The maximum atomic E-state index is 10.3. The summed E-state index contributed by atoms with van der Waals surface area (Å²) in [6.45, 7) is 13.6. The van der Waals surface area contributed by atoms with Gasteiger partial charge in [0, 0.05) is 18.6 Å². The van der Waals surface area contributed by atoms with E-state index >= 15 is 0 Å². The summed E-state index contributed by atoms with van der Waals surface area (Å²) < 4.78 is 0. The molecule has 3 aliphatic rings. The molecule has 0 aromatic carbocycles. The summed E-state index contributed by atoms with van der Waals surface area (Å²) in [6, 6.07) is 5.74. The molecule has 4 aromatic rings. The van der Waals surface area contributed by atoms with Gasteiger partial charge in [-0.3, -0.25) is 15.0 Å². The third-order valence-corrected chi connectivity index (χ3v) is 7.02. The molecule has 0 spiro atoms. The molecule has 0 saturated heterocycles. The van der Waals surface area contributed by atoms with Gasteiger partial charge in [-0.25, -0.2) is 44.8 Å². The Labute approximate surface area is 253 Å². The van der Waals surface area contributed by atoms with Gasteiger partial charge in [-0.2, -0.15) is 10.5 Å². The first-order valence-corrected chi connectivity index (χ1v) is 13.3. The van der Waals surface area contributed by atoms with Crippen molar-refractivity contribution < 1.29 is 0 Å². The Hall–Kier alpha value is -6.98. The summed E-state index contributed by atoms with van der Waals surface area (Å²) in [5.41, 5.74) is 2.41. The number of hydrogen-bond acceptors (Lipinski definition) is 13. The van der Waals surface area contributed by atoms with E-state index in [1.165, 1.54) is 6.07 Å². The lowest BCUT2D eigenvalue weighted by Crippen LogP contribution is -2.24. The quantitative estimate of drug-likeness (QED) is 0.245. The lowest BCUT2D eigenvalue weighted by molar-refractivity contribution is 1.06. The molecule has 0 amide bonds. The number of nitriles is 2. The Bertz CT molecular complexity index is 2360. The van der Waals surface area contributed by atoms with E-state index in [1.807, 2.05) is 20.8 Å². The van der Waals surface area contributed by atoms with Crippen LogP contribution in [-0.4, -0.2) is 24.9 Å². The van der Waals surface area contributed by atoms with Crippen LogP contribution in [-0.2, 0) is 0 Å². The molecular formula is C31H16N14. The first kappa shape index (κ1) is 26.9. The van der Waals surface area contributed by atoms with Crippen molar-refractivity contribution in [3.05, 3.63) is 138 Å². The van der Waals surface area contributed by atoms with Crippen LogP contribution in [0.15, 0.2) is 90.7 Å². The Morgan fingerprint density at radius 1 is 0.600 bits per heavy atom. The van der Waals surface area contributed by atoms with Crippen LogP contribution in [0.3, 0.4) is 0 Å². The van der Waals surface area contributed by atoms with Crippen molar-refractivity contribution in [1.82, 2.24) is 24.9 Å². The fourth-order valence-electron chi connectivity index (χ4n) is 4.83. The molecule has 0 atom stereocenters. The number of nitrogens with zero attached hydrogens (tertiary/aromatic N) is 14. The first-order chi connectivity index (χ1) is 21.9. The van der Waals surface area contributed by atoms with Gasteiger partial charge in [0.2, 0.25) is 0 Å². The van der Waals surface area contributed by atoms with Crippen molar-refractivity contribution in [2.75, 3.05) is 0 Å². The van der Waals surface area contributed by atoms with E-state index in [0.29, 0.717) is 32.1 Å².